The molecule has 0 aromatic carbocycles. The van der Waals surface area contributed by atoms with Gasteiger partial charge in [-0.1, -0.05) is 26.3 Å². The van der Waals surface area contributed by atoms with E-state index in [4.69, 9.17) is 0 Å². The summed E-state index contributed by atoms with van der Waals surface area (Å²) in [6, 6.07) is 6.58. The first-order valence-electron chi connectivity index (χ1n) is 5.82. The zero-order valence-corrected chi connectivity index (χ0v) is 10.2. The molecule has 0 radical (unpaired) electrons. The summed E-state index contributed by atoms with van der Waals surface area (Å²) in [4.78, 5) is 4.44. The standard InChI is InChI=1S/C13H22N2/c1-5-10(2)9-12(4)15-13-8-6-7-11(3)14-13/h6-8,10,12H,5,9H2,1-4H3,(H,14,15). The maximum absolute atomic E-state index is 4.44. The minimum absolute atomic E-state index is 0.495. The van der Waals surface area contributed by atoms with Gasteiger partial charge in [0.05, 0.1) is 0 Å². The molecule has 0 saturated heterocycles. The van der Waals surface area contributed by atoms with Crippen LogP contribution in [0.2, 0.25) is 0 Å². The fourth-order valence-corrected chi connectivity index (χ4v) is 1.71. The Labute approximate surface area is 93.1 Å². The van der Waals surface area contributed by atoms with Crippen LogP contribution in [0.1, 0.15) is 39.3 Å². The van der Waals surface area contributed by atoms with Crippen molar-refractivity contribution in [2.24, 2.45) is 5.92 Å². The molecule has 0 spiro atoms. The van der Waals surface area contributed by atoms with E-state index in [-0.39, 0.29) is 0 Å². The zero-order valence-electron chi connectivity index (χ0n) is 10.2. The minimum Gasteiger partial charge on any atom is -0.368 e. The maximum Gasteiger partial charge on any atom is 0.126 e. The average Bonchev–Trinajstić information content (AvgIpc) is 2.17. The zero-order chi connectivity index (χ0) is 11.3. The third-order valence-corrected chi connectivity index (χ3v) is 2.74. The average molecular weight is 206 g/mol. The summed E-state index contributed by atoms with van der Waals surface area (Å²) in [7, 11) is 0. The van der Waals surface area contributed by atoms with Crippen molar-refractivity contribution in [2.45, 2.75) is 46.6 Å². The van der Waals surface area contributed by atoms with Gasteiger partial charge in [0, 0.05) is 11.7 Å². The summed E-state index contributed by atoms with van der Waals surface area (Å²) >= 11 is 0. The number of nitrogens with one attached hydrogen (secondary N) is 1. The van der Waals surface area contributed by atoms with E-state index < -0.39 is 0 Å². The SMILES string of the molecule is CCC(C)CC(C)Nc1cccc(C)n1. The molecule has 0 aliphatic heterocycles. The van der Waals surface area contributed by atoms with E-state index in [2.05, 4.69) is 31.1 Å². The van der Waals surface area contributed by atoms with Gasteiger partial charge in [0.1, 0.15) is 5.82 Å². The lowest BCUT2D eigenvalue weighted by atomic mass is 10.0. The van der Waals surface area contributed by atoms with Crippen LogP contribution in [0.4, 0.5) is 5.82 Å². The number of hydrogen-bond donors (Lipinski definition) is 1. The second kappa shape index (κ2) is 5.74. The summed E-state index contributed by atoms with van der Waals surface area (Å²) in [6.45, 7) is 8.77. The fraction of sp³-hybridized carbons (Fsp3) is 0.615. The minimum atomic E-state index is 0.495. The molecule has 15 heavy (non-hydrogen) atoms. The van der Waals surface area contributed by atoms with Crippen molar-refractivity contribution in [2.75, 3.05) is 5.32 Å². The smallest absolute Gasteiger partial charge is 0.126 e. The number of anilines is 1. The molecule has 0 bridgehead atoms. The molecule has 0 amide bonds. The highest BCUT2D eigenvalue weighted by atomic mass is 15.0. The maximum atomic E-state index is 4.44. The quantitative estimate of drug-likeness (QED) is 0.795. The molecule has 2 heteroatoms. The van der Waals surface area contributed by atoms with Gasteiger partial charge in [-0.05, 0) is 38.3 Å². The molecule has 1 aromatic rings. The van der Waals surface area contributed by atoms with Crippen LogP contribution in [0.25, 0.3) is 0 Å². The monoisotopic (exact) mass is 206 g/mol. The van der Waals surface area contributed by atoms with Crippen molar-refractivity contribution in [3.05, 3.63) is 23.9 Å². The third kappa shape index (κ3) is 4.32. The molecule has 1 N–H and O–H groups in total. The topological polar surface area (TPSA) is 24.9 Å². The number of rotatable bonds is 5. The van der Waals surface area contributed by atoms with Gasteiger partial charge >= 0.3 is 0 Å². The molecule has 84 valence electrons. The van der Waals surface area contributed by atoms with Crippen molar-refractivity contribution in [3.63, 3.8) is 0 Å². The first-order valence-corrected chi connectivity index (χ1v) is 5.82. The normalized spacial score (nSPS) is 14.7. The van der Waals surface area contributed by atoms with Crippen molar-refractivity contribution in [3.8, 4) is 0 Å². The Morgan fingerprint density at radius 3 is 2.67 bits per heavy atom. The summed E-state index contributed by atoms with van der Waals surface area (Å²) in [5, 5.41) is 3.44. The first-order chi connectivity index (χ1) is 7.11. The molecular formula is C13H22N2. The number of pyridine rings is 1. The van der Waals surface area contributed by atoms with E-state index >= 15 is 0 Å². The van der Waals surface area contributed by atoms with Crippen LogP contribution in [-0.2, 0) is 0 Å². The van der Waals surface area contributed by atoms with Crippen LogP contribution in [0.15, 0.2) is 18.2 Å². The van der Waals surface area contributed by atoms with Gasteiger partial charge in [0.2, 0.25) is 0 Å². The Morgan fingerprint density at radius 1 is 1.33 bits per heavy atom. The predicted octanol–water partition coefficient (Wildman–Crippen LogP) is 3.63. The van der Waals surface area contributed by atoms with Gasteiger partial charge in [-0.15, -0.1) is 0 Å². The van der Waals surface area contributed by atoms with Gasteiger partial charge in [-0.2, -0.15) is 0 Å². The first kappa shape index (κ1) is 12.0. The second-order valence-electron chi connectivity index (χ2n) is 4.46. The van der Waals surface area contributed by atoms with Crippen LogP contribution in [0.3, 0.4) is 0 Å². The van der Waals surface area contributed by atoms with Crippen LogP contribution >= 0.6 is 0 Å². The molecule has 1 rings (SSSR count). The molecule has 2 atom stereocenters. The van der Waals surface area contributed by atoms with Gasteiger partial charge in [0.25, 0.3) is 0 Å². The van der Waals surface area contributed by atoms with Crippen molar-refractivity contribution in [1.82, 2.24) is 4.98 Å². The molecule has 0 saturated carbocycles. The summed E-state index contributed by atoms with van der Waals surface area (Å²) < 4.78 is 0. The highest BCUT2D eigenvalue weighted by Crippen LogP contribution is 2.13. The number of hydrogen-bond acceptors (Lipinski definition) is 2. The number of aromatic nitrogens is 1. The predicted molar refractivity (Wildman–Crippen MR) is 66.1 cm³/mol. The summed E-state index contributed by atoms with van der Waals surface area (Å²) in [5.74, 6) is 1.77. The lowest BCUT2D eigenvalue weighted by Crippen LogP contribution is -2.19. The molecule has 2 unspecified atom stereocenters. The molecule has 0 fully saturated rings. The van der Waals surface area contributed by atoms with E-state index in [0.29, 0.717) is 6.04 Å². The van der Waals surface area contributed by atoms with E-state index in [1.807, 2.05) is 25.1 Å². The lowest BCUT2D eigenvalue weighted by molar-refractivity contribution is 0.483. The molecule has 0 aliphatic carbocycles. The van der Waals surface area contributed by atoms with E-state index in [1.165, 1.54) is 12.8 Å². The van der Waals surface area contributed by atoms with Gasteiger partial charge < -0.3 is 5.32 Å². The fourth-order valence-electron chi connectivity index (χ4n) is 1.71. The Bertz CT molecular complexity index is 296. The van der Waals surface area contributed by atoms with Gasteiger partial charge in [0.15, 0.2) is 0 Å². The lowest BCUT2D eigenvalue weighted by Gasteiger charge is -2.18. The van der Waals surface area contributed by atoms with E-state index in [9.17, 15) is 0 Å². The molecule has 2 nitrogen and oxygen atoms in total. The van der Waals surface area contributed by atoms with Crippen LogP contribution in [0, 0.1) is 12.8 Å². The Kier molecular flexibility index (Phi) is 4.60. The van der Waals surface area contributed by atoms with Crippen LogP contribution in [0.5, 0.6) is 0 Å². The Balaban J connectivity index is 2.47. The van der Waals surface area contributed by atoms with Crippen molar-refractivity contribution in [1.29, 1.82) is 0 Å². The number of nitrogens with zero attached hydrogens (tertiary/aromatic N) is 1. The van der Waals surface area contributed by atoms with E-state index in [0.717, 1.165) is 17.4 Å². The Hall–Kier alpha value is -1.05. The molecular weight excluding hydrogens is 184 g/mol. The molecule has 1 heterocycles. The third-order valence-electron chi connectivity index (χ3n) is 2.74. The molecule has 1 aromatic heterocycles. The number of aryl methyl sites for hydroxylation is 1. The Morgan fingerprint density at radius 2 is 2.07 bits per heavy atom. The molecule has 0 aliphatic rings. The van der Waals surface area contributed by atoms with Gasteiger partial charge in [-0.3, -0.25) is 0 Å². The second-order valence-corrected chi connectivity index (χ2v) is 4.46. The van der Waals surface area contributed by atoms with Gasteiger partial charge in [-0.25, -0.2) is 4.98 Å². The highest BCUT2D eigenvalue weighted by Gasteiger charge is 2.07. The highest BCUT2D eigenvalue weighted by molar-refractivity contribution is 5.35. The largest absolute Gasteiger partial charge is 0.368 e. The van der Waals surface area contributed by atoms with E-state index in [1.54, 1.807) is 0 Å². The van der Waals surface area contributed by atoms with Crippen LogP contribution < -0.4 is 5.32 Å². The summed E-state index contributed by atoms with van der Waals surface area (Å²) in [5.41, 5.74) is 1.07. The van der Waals surface area contributed by atoms with Crippen molar-refractivity contribution >= 4 is 5.82 Å². The van der Waals surface area contributed by atoms with Crippen LogP contribution in [-0.4, -0.2) is 11.0 Å². The summed E-state index contributed by atoms with van der Waals surface area (Å²) in [6.07, 6.45) is 2.44. The van der Waals surface area contributed by atoms with Crippen molar-refractivity contribution < 1.29 is 0 Å².